The molecule has 0 aromatic carbocycles. The smallest absolute Gasteiger partial charge is 0.221 e. The summed E-state index contributed by atoms with van der Waals surface area (Å²) in [6.07, 6.45) is 3.86. The Bertz CT molecular complexity index is 701. The molecular weight excluding hydrogens is 400 g/mol. The van der Waals surface area contributed by atoms with E-state index in [0.29, 0.717) is 0 Å². The van der Waals surface area contributed by atoms with Crippen LogP contribution in [0.15, 0.2) is 4.99 Å². The zero-order valence-corrected chi connectivity index (χ0v) is 19.2. The molecule has 1 amide bonds. The number of aromatic nitrogens is 2. The Morgan fingerprint density at radius 1 is 1.27 bits per heavy atom. The largest absolute Gasteiger partial charge is 0.369 e. The standard InChI is InChI=1S/C20H36N8OS/c1-3-17-24-20(30-25-17)28-13-11-27(12-14-28)19(22-4-2)23-8-6-10-26-9-5-7-16(15-26)18(21)29/h16H,3-15H2,1-2H3,(H2,21,29)(H,22,23). The monoisotopic (exact) mass is 436 g/mol. The number of primary amides is 1. The van der Waals surface area contributed by atoms with Crippen LogP contribution in [0.5, 0.6) is 0 Å². The summed E-state index contributed by atoms with van der Waals surface area (Å²) in [5.41, 5.74) is 5.48. The maximum absolute atomic E-state index is 11.4. The molecule has 0 radical (unpaired) electrons. The van der Waals surface area contributed by atoms with Gasteiger partial charge in [-0.1, -0.05) is 6.92 Å². The number of rotatable bonds is 8. The second kappa shape index (κ2) is 11.5. The van der Waals surface area contributed by atoms with Gasteiger partial charge in [0.05, 0.1) is 5.92 Å². The number of piperazine rings is 1. The fourth-order valence-corrected chi connectivity index (χ4v) is 4.82. The first-order chi connectivity index (χ1) is 14.6. The average Bonchev–Trinajstić information content (AvgIpc) is 3.25. The highest BCUT2D eigenvalue weighted by molar-refractivity contribution is 7.09. The quantitative estimate of drug-likeness (QED) is 0.353. The third-order valence-corrected chi connectivity index (χ3v) is 6.57. The lowest BCUT2D eigenvalue weighted by Gasteiger charge is -2.36. The molecule has 1 atom stereocenters. The number of carbonyl (C=O) groups is 1. The van der Waals surface area contributed by atoms with Crippen LogP contribution in [0.25, 0.3) is 0 Å². The molecule has 3 rings (SSSR count). The van der Waals surface area contributed by atoms with Crippen molar-refractivity contribution >= 4 is 28.5 Å². The first-order valence-corrected chi connectivity index (χ1v) is 12.0. The van der Waals surface area contributed by atoms with Gasteiger partial charge in [-0.15, -0.1) is 0 Å². The van der Waals surface area contributed by atoms with Crippen LogP contribution in [0.2, 0.25) is 0 Å². The minimum absolute atomic E-state index is 0.0114. The molecule has 3 heterocycles. The molecule has 0 aliphatic carbocycles. The minimum atomic E-state index is -0.161. The molecule has 9 nitrogen and oxygen atoms in total. The highest BCUT2D eigenvalue weighted by atomic mass is 32.1. The van der Waals surface area contributed by atoms with Crippen molar-refractivity contribution in [2.45, 2.75) is 39.5 Å². The Labute approximate surface area is 183 Å². The fourth-order valence-electron chi connectivity index (χ4n) is 4.02. The van der Waals surface area contributed by atoms with Crippen LogP contribution in [0.4, 0.5) is 5.13 Å². The van der Waals surface area contributed by atoms with Gasteiger partial charge in [0.25, 0.3) is 0 Å². The zero-order valence-electron chi connectivity index (χ0n) is 18.3. The van der Waals surface area contributed by atoms with Gasteiger partial charge in [-0.25, -0.2) is 4.98 Å². The van der Waals surface area contributed by atoms with E-state index in [4.69, 9.17) is 10.7 Å². The Kier molecular flexibility index (Phi) is 8.68. The van der Waals surface area contributed by atoms with Crippen LogP contribution in [-0.4, -0.2) is 89.9 Å². The molecule has 0 spiro atoms. The van der Waals surface area contributed by atoms with Crippen molar-refractivity contribution in [3.05, 3.63) is 5.82 Å². The van der Waals surface area contributed by atoms with Gasteiger partial charge >= 0.3 is 0 Å². The summed E-state index contributed by atoms with van der Waals surface area (Å²) in [6, 6.07) is 0. The molecule has 2 aliphatic heterocycles. The number of hydrogen-bond donors (Lipinski definition) is 2. The third kappa shape index (κ3) is 6.28. The second-order valence-corrected chi connectivity index (χ2v) is 8.68. The molecular formula is C20H36N8OS. The number of carbonyl (C=O) groups excluding carboxylic acids is 1. The normalized spacial score (nSPS) is 21.1. The van der Waals surface area contributed by atoms with Gasteiger partial charge in [-0.2, -0.15) is 4.37 Å². The Morgan fingerprint density at radius 3 is 2.73 bits per heavy atom. The molecule has 0 bridgehead atoms. The third-order valence-electron chi connectivity index (χ3n) is 5.76. The molecule has 0 saturated carbocycles. The van der Waals surface area contributed by atoms with Crippen LogP contribution >= 0.6 is 11.5 Å². The molecule has 1 aromatic rings. The molecule has 2 saturated heterocycles. The number of piperidine rings is 1. The number of nitrogens with one attached hydrogen (secondary N) is 1. The average molecular weight is 437 g/mol. The summed E-state index contributed by atoms with van der Waals surface area (Å²) in [6.45, 7) is 12.4. The predicted octanol–water partition coefficient (Wildman–Crippen LogP) is 0.775. The summed E-state index contributed by atoms with van der Waals surface area (Å²) in [4.78, 5) is 27.9. The van der Waals surface area contributed by atoms with E-state index in [9.17, 15) is 4.79 Å². The number of amides is 1. The van der Waals surface area contributed by atoms with Gasteiger partial charge in [0.15, 0.2) is 5.96 Å². The van der Waals surface area contributed by atoms with E-state index in [-0.39, 0.29) is 11.8 Å². The second-order valence-electron chi connectivity index (χ2n) is 7.95. The maximum atomic E-state index is 11.4. The number of nitrogens with zero attached hydrogens (tertiary/aromatic N) is 6. The van der Waals surface area contributed by atoms with Crippen LogP contribution in [-0.2, 0) is 11.2 Å². The zero-order chi connectivity index (χ0) is 21.3. The Hall–Kier alpha value is -1.94. The van der Waals surface area contributed by atoms with E-state index in [1.54, 1.807) is 0 Å². The van der Waals surface area contributed by atoms with Gasteiger partial charge in [0.2, 0.25) is 11.0 Å². The van der Waals surface area contributed by atoms with Crippen molar-refractivity contribution in [3.63, 3.8) is 0 Å². The van der Waals surface area contributed by atoms with Crippen molar-refractivity contribution in [3.8, 4) is 0 Å². The lowest BCUT2D eigenvalue weighted by molar-refractivity contribution is -0.123. The molecule has 2 fully saturated rings. The first-order valence-electron chi connectivity index (χ1n) is 11.2. The van der Waals surface area contributed by atoms with Gasteiger partial charge < -0.3 is 25.8 Å². The van der Waals surface area contributed by atoms with Crippen molar-refractivity contribution < 1.29 is 4.79 Å². The SMILES string of the molecule is CCNC(=NCCCN1CCCC(C(N)=O)C1)N1CCN(c2nc(CC)ns2)CC1. The highest BCUT2D eigenvalue weighted by Gasteiger charge is 2.24. The summed E-state index contributed by atoms with van der Waals surface area (Å²) < 4.78 is 4.41. The van der Waals surface area contributed by atoms with Crippen LogP contribution in [0.1, 0.15) is 38.9 Å². The number of nitrogens with two attached hydrogens (primary N) is 1. The maximum Gasteiger partial charge on any atom is 0.221 e. The topological polar surface area (TPSA) is 103 Å². The number of guanidine groups is 1. The predicted molar refractivity (Wildman–Crippen MR) is 122 cm³/mol. The van der Waals surface area contributed by atoms with Gasteiger partial charge in [0.1, 0.15) is 5.82 Å². The fraction of sp³-hybridized carbons (Fsp3) is 0.800. The van der Waals surface area contributed by atoms with Crippen LogP contribution < -0.4 is 16.0 Å². The van der Waals surface area contributed by atoms with Crippen LogP contribution in [0, 0.1) is 5.92 Å². The van der Waals surface area contributed by atoms with Gasteiger partial charge in [0, 0.05) is 63.8 Å². The number of hydrogen-bond acceptors (Lipinski definition) is 7. The lowest BCUT2D eigenvalue weighted by atomic mass is 9.97. The molecule has 2 aliphatic rings. The van der Waals surface area contributed by atoms with Crippen molar-refractivity contribution in [2.24, 2.45) is 16.6 Å². The molecule has 10 heteroatoms. The van der Waals surface area contributed by atoms with Gasteiger partial charge in [-0.05, 0) is 39.3 Å². The highest BCUT2D eigenvalue weighted by Crippen LogP contribution is 2.19. The van der Waals surface area contributed by atoms with E-state index in [0.717, 1.165) is 102 Å². The molecule has 3 N–H and O–H groups in total. The number of likely N-dealkylation sites (tertiary alicyclic amines) is 1. The van der Waals surface area contributed by atoms with E-state index < -0.39 is 0 Å². The minimum Gasteiger partial charge on any atom is -0.369 e. The van der Waals surface area contributed by atoms with E-state index in [1.165, 1.54) is 11.5 Å². The van der Waals surface area contributed by atoms with Crippen molar-refractivity contribution in [2.75, 3.05) is 63.8 Å². The molecule has 30 heavy (non-hydrogen) atoms. The Balaban J connectivity index is 1.44. The molecule has 1 unspecified atom stereocenters. The van der Waals surface area contributed by atoms with E-state index in [2.05, 4.69) is 43.2 Å². The van der Waals surface area contributed by atoms with Crippen LogP contribution in [0.3, 0.4) is 0 Å². The summed E-state index contributed by atoms with van der Waals surface area (Å²) >= 11 is 1.50. The number of anilines is 1. The van der Waals surface area contributed by atoms with Gasteiger partial charge in [-0.3, -0.25) is 9.79 Å². The summed E-state index contributed by atoms with van der Waals surface area (Å²) in [5, 5.41) is 4.47. The summed E-state index contributed by atoms with van der Waals surface area (Å²) in [7, 11) is 0. The van der Waals surface area contributed by atoms with Crippen molar-refractivity contribution in [1.82, 2.24) is 24.5 Å². The molecule has 1 aromatic heterocycles. The lowest BCUT2D eigenvalue weighted by Crippen LogP contribution is -2.52. The van der Waals surface area contributed by atoms with E-state index in [1.807, 2.05) is 0 Å². The molecule has 168 valence electrons. The number of aryl methyl sites for hydroxylation is 1. The van der Waals surface area contributed by atoms with Crippen molar-refractivity contribution in [1.29, 1.82) is 0 Å². The summed E-state index contributed by atoms with van der Waals surface area (Å²) in [5.74, 6) is 1.78. The first kappa shape index (κ1) is 22.7. The van der Waals surface area contributed by atoms with E-state index >= 15 is 0 Å². The number of aliphatic imine (C=N–C) groups is 1. The Morgan fingerprint density at radius 2 is 2.07 bits per heavy atom.